The third-order valence-corrected chi connectivity index (χ3v) is 2.64. The number of nitro benzene ring substituents is 1. The van der Waals surface area contributed by atoms with Crippen LogP contribution in [0.3, 0.4) is 0 Å². The lowest BCUT2D eigenvalue weighted by Gasteiger charge is -2.18. The Morgan fingerprint density at radius 3 is 2.23 bits per heavy atom. The first-order chi connectivity index (χ1) is 10.1. The van der Waals surface area contributed by atoms with Crippen molar-refractivity contribution in [3.8, 4) is 0 Å². The predicted molar refractivity (Wildman–Crippen MR) is 67.0 cm³/mol. The molecule has 1 atom stereocenters. The summed E-state index contributed by atoms with van der Waals surface area (Å²) in [7, 11) is 0. The number of nitrogens with one attached hydrogen (secondary N) is 1. The Bertz CT molecular complexity index is 571. The fourth-order valence-corrected chi connectivity index (χ4v) is 1.69. The number of carboxylic acids is 1. The average molecular weight is 320 g/mol. The van der Waals surface area contributed by atoms with Crippen molar-refractivity contribution in [2.24, 2.45) is 0 Å². The molecule has 0 saturated carbocycles. The Kier molecular flexibility index (Phi) is 5.44. The van der Waals surface area contributed by atoms with E-state index in [2.05, 4.69) is 0 Å². The second-order valence-corrected chi connectivity index (χ2v) is 4.39. The molecule has 0 spiro atoms. The maximum absolute atomic E-state index is 12.2. The number of benzene rings is 1. The molecule has 0 aliphatic rings. The van der Waals surface area contributed by atoms with Crippen LogP contribution in [-0.4, -0.2) is 34.1 Å². The SMILES string of the molecule is O=C(O)C[C@H](Cc1ccc([N+](=O)[O-])cc1)NC(=O)C(F)(F)F. The molecule has 0 radical (unpaired) electrons. The third-order valence-electron chi connectivity index (χ3n) is 2.64. The number of carbonyl (C=O) groups is 2. The monoisotopic (exact) mass is 320 g/mol. The van der Waals surface area contributed by atoms with Crippen LogP contribution in [0.4, 0.5) is 18.9 Å². The minimum absolute atomic E-state index is 0.202. The molecule has 0 unspecified atom stereocenters. The van der Waals surface area contributed by atoms with Crippen molar-refractivity contribution in [3.63, 3.8) is 0 Å². The van der Waals surface area contributed by atoms with Crippen LogP contribution in [0.2, 0.25) is 0 Å². The van der Waals surface area contributed by atoms with Crippen LogP contribution in [0.25, 0.3) is 0 Å². The third kappa shape index (κ3) is 5.38. The van der Waals surface area contributed by atoms with Crippen molar-refractivity contribution in [2.45, 2.75) is 25.1 Å². The van der Waals surface area contributed by atoms with Gasteiger partial charge in [0.15, 0.2) is 0 Å². The lowest BCUT2D eigenvalue weighted by Crippen LogP contribution is -2.45. The largest absolute Gasteiger partial charge is 0.481 e. The fraction of sp³-hybridized carbons (Fsp3) is 0.333. The van der Waals surface area contributed by atoms with E-state index in [1.807, 2.05) is 0 Å². The zero-order chi connectivity index (χ0) is 16.9. The number of amides is 1. The molecule has 1 amide bonds. The number of aliphatic carboxylic acids is 1. The van der Waals surface area contributed by atoms with E-state index in [4.69, 9.17) is 5.11 Å². The maximum atomic E-state index is 12.2. The highest BCUT2D eigenvalue weighted by molar-refractivity contribution is 5.82. The number of carbonyl (C=O) groups excluding carboxylic acids is 1. The molecule has 7 nitrogen and oxygen atoms in total. The van der Waals surface area contributed by atoms with E-state index in [-0.39, 0.29) is 12.1 Å². The molecule has 0 fully saturated rings. The number of rotatable bonds is 6. The molecule has 0 aliphatic heterocycles. The van der Waals surface area contributed by atoms with E-state index < -0.39 is 35.4 Å². The van der Waals surface area contributed by atoms with Gasteiger partial charge in [0.1, 0.15) is 0 Å². The molecule has 0 heterocycles. The zero-order valence-corrected chi connectivity index (χ0v) is 11.0. The van der Waals surface area contributed by atoms with Crippen molar-refractivity contribution >= 4 is 17.6 Å². The Balaban J connectivity index is 2.82. The van der Waals surface area contributed by atoms with E-state index in [1.165, 1.54) is 12.1 Å². The van der Waals surface area contributed by atoms with Crippen LogP contribution in [0.1, 0.15) is 12.0 Å². The minimum Gasteiger partial charge on any atom is -0.481 e. The van der Waals surface area contributed by atoms with Crippen LogP contribution in [-0.2, 0) is 16.0 Å². The summed E-state index contributed by atoms with van der Waals surface area (Å²) >= 11 is 0. The normalized spacial score (nSPS) is 12.5. The van der Waals surface area contributed by atoms with Gasteiger partial charge in [0.25, 0.3) is 5.69 Å². The van der Waals surface area contributed by atoms with Crippen molar-refractivity contribution in [1.82, 2.24) is 5.32 Å². The molecule has 10 heteroatoms. The van der Waals surface area contributed by atoms with Crippen LogP contribution >= 0.6 is 0 Å². The molecule has 1 aromatic carbocycles. The van der Waals surface area contributed by atoms with Gasteiger partial charge in [-0.1, -0.05) is 12.1 Å². The summed E-state index contributed by atoms with van der Waals surface area (Å²) < 4.78 is 36.6. The highest BCUT2D eigenvalue weighted by Crippen LogP contribution is 2.17. The van der Waals surface area contributed by atoms with Gasteiger partial charge in [-0.3, -0.25) is 19.7 Å². The molecular formula is C12H11F3N2O5. The van der Waals surface area contributed by atoms with E-state index in [9.17, 15) is 32.9 Å². The number of hydrogen-bond donors (Lipinski definition) is 2. The molecule has 0 aliphatic carbocycles. The molecule has 2 N–H and O–H groups in total. The molecule has 0 aromatic heterocycles. The lowest BCUT2D eigenvalue weighted by atomic mass is 10.0. The average Bonchev–Trinajstić information content (AvgIpc) is 2.37. The van der Waals surface area contributed by atoms with Crippen LogP contribution in [0.5, 0.6) is 0 Å². The summed E-state index contributed by atoms with van der Waals surface area (Å²) in [5, 5.41) is 20.7. The van der Waals surface area contributed by atoms with Gasteiger partial charge in [-0.05, 0) is 12.0 Å². The fourth-order valence-electron chi connectivity index (χ4n) is 1.69. The van der Waals surface area contributed by atoms with Crippen molar-refractivity contribution < 1.29 is 32.8 Å². The van der Waals surface area contributed by atoms with Crippen molar-refractivity contribution in [3.05, 3.63) is 39.9 Å². The molecule has 0 bridgehead atoms. The summed E-state index contributed by atoms with van der Waals surface area (Å²) in [6.45, 7) is 0. The molecule has 120 valence electrons. The number of nitrogens with zero attached hydrogens (tertiary/aromatic N) is 1. The summed E-state index contributed by atoms with van der Waals surface area (Å²) in [5.41, 5.74) is 0.150. The first-order valence-corrected chi connectivity index (χ1v) is 5.92. The summed E-state index contributed by atoms with van der Waals surface area (Å²) in [6.07, 6.45) is -6.03. The lowest BCUT2D eigenvalue weighted by molar-refractivity contribution is -0.384. The van der Waals surface area contributed by atoms with Gasteiger partial charge in [0, 0.05) is 18.2 Å². The van der Waals surface area contributed by atoms with Crippen LogP contribution in [0.15, 0.2) is 24.3 Å². The maximum Gasteiger partial charge on any atom is 0.471 e. The summed E-state index contributed by atoms with van der Waals surface area (Å²) in [4.78, 5) is 31.4. The van der Waals surface area contributed by atoms with Gasteiger partial charge in [-0.25, -0.2) is 0 Å². The highest BCUT2D eigenvalue weighted by Gasteiger charge is 2.39. The van der Waals surface area contributed by atoms with Gasteiger partial charge in [0.05, 0.1) is 11.3 Å². The minimum atomic E-state index is -5.12. The number of nitro groups is 1. The molecule has 22 heavy (non-hydrogen) atoms. The highest BCUT2D eigenvalue weighted by atomic mass is 19.4. The van der Waals surface area contributed by atoms with Gasteiger partial charge in [-0.2, -0.15) is 13.2 Å². The molecule has 0 saturated heterocycles. The topological polar surface area (TPSA) is 110 Å². The number of alkyl halides is 3. The van der Waals surface area contributed by atoms with Crippen LogP contribution < -0.4 is 5.32 Å². The van der Waals surface area contributed by atoms with E-state index >= 15 is 0 Å². The first-order valence-electron chi connectivity index (χ1n) is 5.92. The Morgan fingerprint density at radius 2 is 1.82 bits per heavy atom. The van der Waals surface area contributed by atoms with Gasteiger partial charge in [0.2, 0.25) is 0 Å². The molecule has 1 aromatic rings. The zero-order valence-electron chi connectivity index (χ0n) is 11.0. The molecule has 1 rings (SSSR count). The standard InChI is InChI=1S/C12H11F3N2O5/c13-12(14,15)11(20)16-8(6-10(18)19)5-7-1-3-9(4-2-7)17(21)22/h1-4,8H,5-6H2,(H,16,20)(H,18,19)/t8-/m0/s1. The van der Waals surface area contributed by atoms with Crippen molar-refractivity contribution in [2.75, 3.05) is 0 Å². The number of carboxylic acid groups (broad SMARTS) is 1. The van der Waals surface area contributed by atoms with Gasteiger partial charge in [-0.15, -0.1) is 0 Å². The smallest absolute Gasteiger partial charge is 0.471 e. The summed E-state index contributed by atoms with van der Waals surface area (Å²) in [6, 6.07) is 3.56. The second-order valence-electron chi connectivity index (χ2n) is 4.39. The van der Waals surface area contributed by atoms with Gasteiger partial charge < -0.3 is 10.4 Å². The van der Waals surface area contributed by atoms with Crippen molar-refractivity contribution in [1.29, 1.82) is 0 Å². The van der Waals surface area contributed by atoms with E-state index in [1.54, 1.807) is 5.32 Å². The van der Waals surface area contributed by atoms with E-state index in [0.29, 0.717) is 5.56 Å². The van der Waals surface area contributed by atoms with Crippen LogP contribution in [0, 0.1) is 10.1 Å². The second kappa shape index (κ2) is 6.87. The summed E-state index contributed by atoms with van der Waals surface area (Å²) in [5.74, 6) is -3.62. The Labute approximate surface area is 121 Å². The number of halogens is 3. The number of hydrogen-bond acceptors (Lipinski definition) is 4. The Morgan fingerprint density at radius 1 is 1.27 bits per heavy atom. The van der Waals surface area contributed by atoms with Gasteiger partial charge >= 0.3 is 18.1 Å². The first kappa shape index (κ1) is 17.4. The quantitative estimate of drug-likeness (QED) is 0.612. The Hall–Kier alpha value is -2.65. The number of non-ortho nitro benzene ring substituents is 1. The van der Waals surface area contributed by atoms with E-state index in [0.717, 1.165) is 12.1 Å². The predicted octanol–water partition coefficient (Wildman–Crippen LogP) is 1.66. The molecular weight excluding hydrogens is 309 g/mol.